The Balaban J connectivity index is 2.18. The number of nitrogens with one attached hydrogen (secondary N) is 1. The highest BCUT2D eigenvalue weighted by atomic mass is 32.1. The summed E-state index contributed by atoms with van der Waals surface area (Å²) >= 11 is 1.61. The number of carboxylic acid groups (broad SMARTS) is 1. The Labute approximate surface area is 200 Å². The van der Waals surface area contributed by atoms with Gasteiger partial charge in [-0.05, 0) is 75.6 Å². The molecule has 2 N–H and O–H groups in total. The number of carbonyl (C=O) groups excluding carboxylic acids is 1. The molecule has 1 aliphatic rings. The van der Waals surface area contributed by atoms with E-state index in [4.69, 9.17) is 4.74 Å². The van der Waals surface area contributed by atoms with Crippen molar-refractivity contribution in [2.75, 3.05) is 5.32 Å². The van der Waals surface area contributed by atoms with Crippen LogP contribution in [-0.4, -0.2) is 22.6 Å². The van der Waals surface area contributed by atoms with Crippen molar-refractivity contribution in [3.63, 3.8) is 0 Å². The van der Waals surface area contributed by atoms with Gasteiger partial charge in [0.1, 0.15) is 0 Å². The number of hydrogen-bond donors (Lipinski definition) is 2. The molecule has 1 unspecified atom stereocenters. The quantitative estimate of drug-likeness (QED) is 0.468. The summed E-state index contributed by atoms with van der Waals surface area (Å²) in [4.78, 5) is 25.8. The van der Waals surface area contributed by atoms with E-state index in [0.717, 1.165) is 51.4 Å². The van der Waals surface area contributed by atoms with Crippen molar-refractivity contribution in [1.82, 2.24) is 0 Å². The third-order valence-corrected chi connectivity index (χ3v) is 7.02. The predicted octanol–water partition coefficient (Wildman–Crippen LogP) is 7.22. The zero-order valence-electron chi connectivity index (χ0n) is 20.7. The number of amides is 1. The highest BCUT2D eigenvalue weighted by Gasteiger charge is 2.35. The molecule has 2 aromatic rings. The van der Waals surface area contributed by atoms with Crippen molar-refractivity contribution in [2.24, 2.45) is 5.41 Å². The minimum absolute atomic E-state index is 0.115. The highest BCUT2D eigenvalue weighted by molar-refractivity contribution is 7.16. The highest BCUT2D eigenvalue weighted by Crippen LogP contribution is 2.48. The molecule has 33 heavy (non-hydrogen) atoms. The summed E-state index contributed by atoms with van der Waals surface area (Å²) in [6.45, 7) is 13.7. The van der Waals surface area contributed by atoms with Crippen LogP contribution in [0.2, 0.25) is 0 Å². The van der Waals surface area contributed by atoms with E-state index in [-0.39, 0.29) is 11.3 Å². The Bertz CT molecular complexity index is 1070. The van der Waals surface area contributed by atoms with Gasteiger partial charge >= 0.3 is 5.97 Å². The fourth-order valence-electron chi connectivity index (χ4n) is 4.19. The molecule has 178 valence electrons. The number of benzene rings is 1. The second-order valence-electron chi connectivity index (χ2n) is 10.6. The Morgan fingerprint density at radius 3 is 2.30 bits per heavy atom. The third-order valence-electron chi connectivity index (χ3n) is 5.85. The standard InChI is InChI=1S/C27H35NO4S/c1-16-21(23(25(30)31)32-26(3,4)5)22(18-12-14-27(6,7)15-13-18)24(33-16)19-8-10-20(11-9-19)28-17(2)29/h8-12,23H,13-15H2,1-7H3,(H,28,29)(H,30,31). The van der Waals surface area contributed by atoms with Crippen LogP contribution in [0.3, 0.4) is 0 Å². The van der Waals surface area contributed by atoms with E-state index in [1.807, 2.05) is 52.0 Å². The van der Waals surface area contributed by atoms with Gasteiger partial charge in [0.2, 0.25) is 5.91 Å². The van der Waals surface area contributed by atoms with Crippen molar-refractivity contribution >= 4 is 34.5 Å². The average molecular weight is 470 g/mol. The second-order valence-corrected chi connectivity index (χ2v) is 11.8. The maximum atomic E-state index is 12.4. The van der Waals surface area contributed by atoms with Gasteiger partial charge in [-0.15, -0.1) is 11.3 Å². The molecule has 0 saturated carbocycles. The van der Waals surface area contributed by atoms with Gasteiger partial charge in [-0.3, -0.25) is 4.79 Å². The van der Waals surface area contributed by atoms with Crippen LogP contribution in [0.5, 0.6) is 0 Å². The largest absolute Gasteiger partial charge is 0.479 e. The molecule has 3 rings (SSSR count). The molecule has 5 nitrogen and oxygen atoms in total. The summed E-state index contributed by atoms with van der Waals surface area (Å²) in [6.07, 6.45) is 4.13. The van der Waals surface area contributed by atoms with Gasteiger partial charge in [0.15, 0.2) is 6.10 Å². The van der Waals surface area contributed by atoms with Crippen LogP contribution in [0.15, 0.2) is 30.3 Å². The van der Waals surface area contributed by atoms with Gasteiger partial charge < -0.3 is 15.2 Å². The molecular formula is C27H35NO4S. The van der Waals surface area contributed by atoms with E-state index in [2.05, 4.69) is 25.2 Å². The van der Waals surface area contributed by atoms with Crippen molar-refractivity contribution in [2.45, 2.75) is 79.4 Å². The Kier molecular flexibility index (Phi) is 7.20. The fraction of sp³-hybridized carbons (Fsp3) is 0.481. The van der Waals surface area contributed by atoms with E-state index in [9.17, 15) is 14.7 Å². The van der Waals surface area contributed by atoms with E-state index in [1.165, 1.54) is 12.5 Å². The molecule has 6 heteroatoms. The van der Waals surface area contributed by atoms with Crippen molar-refractivity contribution in [1.29, 1.82) is 0 Å². The molecule has 0 spiro atoms. The molecule has 1 heterocycles. The first kappa shape index (κ1) is 25.2. The summed E-state index contributed by atoms with van der Waals surface area (Å²) < 4.78 is 6.08. The monoisotopic (exact) mass is 469 g/mol. The second kappa shape index (κ2) is 9.43. The maximum absolute atomic E-state index is 12.4. The zero-order chi connectivity index (χ0) is 24.6. The Morgan fingerprint density at radius 1 is 1.18 bits per heavy atom. The molecule has 1 aliphatic carbocycles. The normalized spacial score (nSPS) is 16.8. The van der Waals surface area contributed by atoms with Gasteiger partial charge in [-0.1, -0.05) is 32.1 Å². The van der Waals surface area contributed by atoms with Crippen LogP contribution < -0.4 is 5.32 Å². The summed E-state index contributed by atoms with van der Waals surface area (Å²) in [5.74, 6) is -1.09. The van der Waals surface area contributed by atoms with Crippen LogP contribution in [0.4, 0.5) is 5.69 Å². The number of rotatable bonds is 6. The van der Waals surface area contributed by atoms with Crippen molar-refractivity contribution in [3.05, 3.63) is 46.3 Å². The van der Waals surface area contributed by atoms with Crippen LogP contribution in [0.25, 0.3) is 16.0 Å². The Hall–Kier alpha value is -2.44. The first-order chi connectivity index (χ1) is 15.3. The average Bonchev–Trinajstić information content (AvgIpc) is 3.02. The van der Waals surface area contributed by atoms with Crippen molar-refractivity contribution in [3.8, 4) is 10.4 Å². The number of aliphatic carboxylic acids is 1. The number of hydrogen-bond acceptors (Lipinski definition) is 4. The number of ether oxygens (including phenoxy) is 1. The SMILES string of the molecule is CC(=O)Nc1ccc(-c2sc(C)c(C(OC(C)(C)C)C(=O)O)c2C2=CCC(C)(C)CC2)cc1. The number of aryl methyl sites for hydroxylation is 1. The lowest BCUT2D eigenvalue weighted by atomic mass is 9.76. The van der Waals surface area contributed by atoms with Crippen LogP contribution in [0, 0.1) is 12.3 Å². The van der Waals surface area contributed by atoms with Crippen LogP contribution in [-0.2, 0) is 14.3 Å². The lowest BCUT2D eigenvalue weighted by Crippen LogP contribution is -2.28. The van der Waals surface area contributed by atoms with E-state index in [0.29, 0.717) is 0 Å². The summed E-state index contributed by atoms with van der Waals surface area (Å²) in [5, 5.41) is 12.9. The maximum Gasteiger partial charge on any atom is 0.337 e. The minimum atomic E-state index is -1.04. The van der Waals surface area contributed by atoms with Crippen molar-refractivity contribution < 1.29 is 19.4 Å². The number of anilines is 1. The zero-order valence-corrected chi connectivity index (χ0v) is 21.5. The summed E-state index contributed by atoms with van der Waals surface area (Å²) in [6, 6.07) is 7.73. The lowest BCUT2D eigenvalue weighted by molar-refractivity contribution is -0.160. The minimum Gasteiger partial charge on any atom is -0.479 e. The predicted molar refractivity (Wildman–Crippen MR) is 136 cm³/mol. The first-order valence-electron chi connectivity index (χ1n) is 11.4. The number of carboxylic acids is 1. The number of allylic oxidation sites excluding steroid dienone is 2. The summed E-state index contributed by atoms with van der Waals surface area (Å²) in [7, 11) is 0. The molecule has 0 saturated heterocycles. The molecule has 0 bridgehead atoms. The topological polar surface area (TPSA) is 75.6 Å². The van der Waals surface area contributed by atoms with Gasteiger partial charge in [0.05, 0.1) is 5.60 Å². The molecular weight excluding hydrogens is 434 g/mol. The number of thiophene rings is 1. The van der Waals surface area contributed by atoms with Gasteiger partial charge in [-0.25, -0.2) is 4.79 Å². The van der Waals surface area contributed by atoms with E-state index in [1.54, 1.807) is 11.3 Å². The number of carbonyl (C=O) groups is 2. The van der Waals surface area contributed by atoms with Gasteiger partial charge in [-0.2, -0.15) is 0 Å². The fourth-order valence-corrected chi connectivity index (χ4v) is 5.42. The Morgan fingerprint density at radius 2 is 1.82 bits per heavy atom. The smallest absolute Gasteiger partial charge is 0.337 e. The summed E-state index contributed by atoms with van der Waals surface area (Å²) in [5.41, 5.74) is 4.33. The van der Waals surface area contributed by atoms with Gasteiger partial charge in [0, 0.05) is 33.5 Å². The molecule has 1 aromatic heterocycles. The first-order valence-corrected chi connectivity index (χ1v) is 12.2. The molecule has 1 amide bonds. The van der Waals surface area contributed by atoms with Crippen LogP contribution >= 0.6 is 11.3 Å². The molecule has 1 atom stereocenters. The van der Waals surface area contributed by atoms with Gasteiger partial charge in [0.25, 0.3) is 0 Å². The van der Waals surface area contributed by atoms with E-state index >= 15 is 0 Å². The molecule has 0 radical (unpaired) electrons. The molecule has 0 aliphatic heterocycles. The van der Waals surface area contributed by atoms with E-state index < -0.39 is 17.7 Å². The molecule has 1 aromatic carbocycles. The lowest BCUT2D eigenvalue weighted by Gasteiger charge is -2.31. The van der Waals surface area contributed by atoms with Crippen LogP contribution in [0.1, 0.15) is 82.9 Å². The molecule has 0 fully saturated rings. The third kappa shape index (κ3) is 6.12.